The molecule has 0 spiro atoms. The molecule has 2 atom stereocenters. The number of fused-ring (bicyclic) bond motifs is 4. The van der Waals surface area contributed by atoms with Crippen molar-refractivity contribution in [3.8, 4) is 112 Å². The molecule has 4 aromatic heterocycles. The molecule has 6 nitrogen and oxygen atoms in total. The van der Waals surface area contributed by atoms with E-state index in [0.717, 1.165) is 46.6 Å². The van der Waals surface area contributed by atoms with E-state index in [2.05, 4.69) is 418 Å². The van der Waals surface area contributed by atoms with Crippen molar-refractivity contribution in [1.82, 2.24) is 19.1 Å². The monoisotopic (exact) mass is 1470 g/mol. The lowest BCUT2D eigenvalue weighted by molar-refractivity contribution is 0.385. The number of nitrogens with one attached hydrogen (secondary N) is 2. The van der Waals surface area contributed by atoms with E-state index in [0.29, 0.717) is 0 Å². The predicted molar refractivity (Wildman–Crippen MR) is 453 cm³/mol. The number of benzene rings is 14. The molecule has 4 heterocycles. The standard InChI is InChI=1S/C52H36N2.C28H20N2.C12H9I.C6H14N2/c1-5-17-37(18-6-1)39-29-33-43(34-30-39)53-47-27-15-13-25-45(47)49(51(53)41-21-9-3-10-22-41)50-46-26-14-16-28-48(46)54(52(50)42-23-11-4-12-24-42)44-35-31-40(32-36-44)38-19-7-2-8-20-38;1-3-11-19(12-4-1)27-25(21-15-7-9-17-23(21)29-27)26-22-16-8-10-18-24(22)30-28(26)20-13-5-2-6-14-20;13-12-8-6-11(7-9-12)10-4-2-1-3-5-10;7-5-3-1-2-4-6(5)8/h1-36H;1-18,29-30H;1-9H;5-6H,1-4,7-8H2/t;;;5-,6+. The topological polar surface area (TPSA) is 93.5 Å². The molecular formula is C98H79IN6. The Morgan fingerprint density at radius 3 is 0.829 bits per heavy atom. The third-order valence-corrected chi connectivity index (χ3v) is 20.9. The van der Waals surface area contributed by atoms with Crippen molar-refractivity contribution in [2.24, 2.45) is 11.5 Å². The Balaban J connectivity index is 0.000000137. The first kappa shape index (κ1) is 67.4. The normalized spacial score (nSPS) is 13.3. The van der Waals surface area contributed by atoms with Gasteiger partial charge in [0.05, 0.1) is 33.8 Å². The highest BCUT2D eigenvalue weighted by Gasteiger charge is 2.29. The number of H-pyrrole nitrogens is 2. The number of rotatable bonds is 11. The van der Waals surface area contributed by atoms with E-state index in [9.17, 15) is 0 Å². The van der Waals surface area contributed by atoms with Crippen molar-refractivity contribution < 1.29 is 0 Å². The summed E-state index contributed by atoms with van der Waals surface area (Å²) in [5.74, 6) is 0. The number of nitrogens with zero attached hydrogens (tertiary/aromatic N) is 2. The van der Waals surface area contributed by atoms with Gasteiger partial charge in [-0.05, 0) is 152 Å². The summed E-state index contributed by atoms with van der Waals surface area (Å²) >= 11 is 2.32. The zero-order chi connectivity index (χ0) is 70.8. The Morgan fingerprint density at radius 2 is 0.505 bits per heavy atom. The third kappa shape index (κ3) is 14.2. The van der Waals surface area contributed by atoms with Crippen LogP contribution >= 0.6 is 22.6 Å². The second-order valence-electron chi connectivity index (χ2n) is 26.8. The van der Waals surface area contributed by atoms with Crippen molar-refractivity contribution in [2.75, 3.05) is 0 Å². The lowest BCUT2D eigenvalue weighted by Crippen LogP contribution is -2.43. The highest BCUT2D eigenvalue weighted by atomic mass is 127. The molecule has 0 amide bonds. The van der Waals surface area contributed by atoms with E-state index in [4.69, 9.17) is 11.5 Å². The highest BCUT2D eigenvalue weighted by Crippen LogP contribution is 2.52. The lowest BCUT2D eigenvalue weighted by atomic mass is 9.92. The van der Waals surface area contributed by atoms with Gasteiger partial charge in [-0.3, -0.25) is 0 Å². The molecular weight excluding hydrogens is 1390 g/mol. The first-order valence-electron chi connectivity index (χ1n) is 36.2. The van der Waals surface area contributed by atoms with Crippen LogP contribution in [0.25, 0.3) is 156 Å². The fourth-order valence-corrected chi connectivity index (χ4v) is 15.4. The van der Waals surface area contributed by atoms with E-state index in [1.54, 1.807) is 0 Å². The van der Waals surface area contributed by atoms with Crippen LogP contribution in [0.2, 0.25) is 0 Å². The second kappa shape index (κ2) is 31.2. The van der Waals surface area contributed by atoms with E-state index in [1.165, 1.54) is 138 Å². The molecule has 0 aliphatic heterocycles. The van der Waals surface area contributed by atoms with Gasteiger partial charge in [-0.1, -0.05) is 334 Å². The molecule has 0 saturated heterocycles. The van der Waals surface area contributed by atoms with Gasteiger partial charge < -0.3 is 30.6 Å². The van der Waals surface area contributed by atoms with Gasteiger partial charge in [-0.25, -0.2) is 0 Å². The summed E-state index contributed by atoms with van der Waals surface area (Å²) in [7, 11) is 0. The van der Waals surface area contributed by atoms with Crippen molar-refractivity contribution in [3.05, 3.63) is 386 Å². The molecule has 18 aromatic rings. The summed E-state index contributed by atoms with van der Waals surface area (Å²) in [6, 6.07) is 137. The third-order valence-electron chi connectivity index (χ3n) is 20.2. The Bertz CT molecular complexity index is 5560. The van der Waals surface area contributed by atoms with Crippen LogP contribution in [0, 0.1) is 3.57 Å². The summed E-state index contributed by atoms with van der Waals surface area (Å²) in [4.78, 5) is 7.40. The molecule has 19 rings (SSSR count). The van der Waals surface area contributed by atoms with Gasteiger partial charge in [0.15, 0.2) is 0 Å². The molecule has 7 heteroatoms. The van der Waals surface area contributed by atoms with Crippen molar-refractivity contribution in [3.63, 3.8) is 0 Å². The summed E-state index contributed by atoms with van der Waals surface area (Å²) in [5.41, 5.74) is 39.8. The number of halogens is 1. The average Bonchev–Trinajstić information content (AvgIpc) is 1.55. The lowest BCUT2D eigenvalue weighted by Gasteiger charge is -2.24. The van der Waals surface area contributed by atoms with Crippen molar-refractivity contribution >= 4 is 66.2 Å². The molecule has 14 aromatic carbocycles. The van der Waals surface area contributed by atoms with Crippen LogP contribution in [0.15, 0.2) is 382 Å². The Labute approximate surface area is 627 Å². The number of aromatic amines is 2. The molecule has 105 heavy (non-hydrogen) atoms. The maximum absolute atomic E-state index is 5.65. The SMILES string of the molecule is Ic1ccc(-c2ccccc2)cc1.N[C@@H]1CCCC[C@@H]1N.c1ccc(-c2[nH]c3ccccc3c2-c2c(-c3ccccc3)[nH]c3ccccc23)cc1.c1ccc(-c2ccc(-n3c(-c4ccccc4)c(-c4c(-c5ccccc5)n(-c5ccc(-c6ccccc6)cc5)c5ccccc45)c4ccccc43)cc2)cc1. The molecule has 0 radical (unpaired) electrons. The van der Waals surface area contributed by atoms with E-state index < -0.39 is 0 Å². The number of aromatic nitrogens is 4. The van der Waals surface area contributed by atoms with E-state index >= 15 is 0 Å². The van der Waals surface area contributed by atoms with Crippen LogP contribution in [0.1, 0.15) is 25.7 Å². The Morgan fingerprint density at radius 1 is 0.248 bits per heavy atom. The number of hydrogen-bond acceptors (Lipinski definition) is 2. The fourth-order valence-electron chi connectivity index (χ4n) is 15.0. The summed E-state index contributed by atoms with van der Waals surface area (Å²) in [5, 5.41) is 4.89. The molecule has 1 aliphatic rings. The quantitative estimate of drug-likeness (QED) is 0.0972. The zero-order valence-electron chi connectivity index (χ0n) is 58.3. The summed E-state index contributed by atoms with van der Waals surface area (Å²) in [6.45, 7) is 0. The van der Waals surface area contributed by atoms with Gasteiger partial charge in [-0.15, -0.1) is 0 Å². The van der Waals surface area contributed by atoms with Crippen LogP contribution in [-0.4, -0.2) is 31.2 Å². The molecule has 0 unspecified atom stereocenters. The van der Waals surface area contributed by atoms with Gasteiger partial charge >= 0.3 is 0 Å². The van der Waals surface area contributed by atoms with Crippen molar-refractivity contribution in [1.29, 1.82) is 0 Å². The first-order chi connectivity index (χ1) is 51.9. The van der Waals surface area contributed by atoms with Crippen LogP contribution in [-0.2, 0) is 0 Å². The predicted octanol–water partition coefficient (Wildman–Crippen LogP) is 25.7. The molecule has 1 aliphatic carbocycles. The highest BCUT2D eigenvalue weighted by molar-refractivity contribution is 14.1. The number of para-hydroxylation sites is 4. The number of hydrogen-bond donors (Lipinski definition) is 4. The molecule has 0 bridgehead atoms. The smallest absolute Gasteiger partial charge is 0.0620 e. The van der Waals surface area contributed by atoms with Crippen LogP contribution in [0.4, 0.5) is 0 Å². The van der Waals surface area contributed by atoms with Crippen molar-refractivity contribution in [2.45, 2.75) is 37.8 Å². The van der Waals surface area contributed by atoms with Crippen LogP contribution < -0.4 is 11.5 Å². The number of nitrogens with two attached hydrogens (primary N) is 2. The van der Waals surface area contributed by atoms with Gasteiger partial charge in [0.2, 0.25) is 0 Å². The average molecular weight is 1470 g/mol. The molecule has 1 fully saturated rings. The zero-order valence-corrected chi connectivity index (χ0v) is 60.4. The van der Waals surface area contributed by atoms with Crippen LogP contribution in [0.5, 0.6) is 0 Å². The van der Waals surface area contributed by atoms with Gasteiger partial charge in [0, 0.05) is 81.9 Å². The minimum absolute atomic E-state index is 0.281. The van der Waals surface area contributed by atoms with E-state index in [-0.39, 0.29) is 12.1 Å². The fraction of sp³-hybridized carbons (Fsp3) is 0.0612. The van der Waals surface area contributed by atoms with Gasteiger partial charge in [0.25, 0.3) is 0 Å². The minimum Gasteiger partial charge on any atom is -0.354 e. The second-order valence-corrected chi connectivity index (χ2v) is 28.0. The Kier molecular flexibility index (Phi) is 20.0. The molecule has 1 saturated carbocycles. The largest absolute Gasteiger partial charge is 0.354 e. The molecule has 6 N–H and O–H groups in total. The maximum atomic E-state index is 5.65. The van der Waals surface area contributed by atoms with Gasteiger partial charge in [0.1, 0.15) is 0 Å². The van der Waals surface area contributed by atoms with Crippen LogP contribution in [0.3, 0.4) is 0 Å². The minimum atomic E-state index is 0.281. The Hall–Kier alpha value is -12.1. The van der Waals surface area contributed by atoms with Gasteiger partial charge in [-0.2, -0.15) is 0 Å². The summed E-state index contributed by atoms with van der Waals surface area (Å²) < 4.78 is 6.20. The summed E-state index contributed by atoms with van der Waals surface area (Å²) in [6.07, 6.45) is 4.80. The first-order valence-corrected chi connectivity index (χ1v) is 37.3. The van der Waals surface area contributed by atoms with E-state index in [1.807, 2.05) is 6.07 Å². The molecule has 508 valence electrons. The maximum Gasteiger partial charge on any atom is 0.0620 e.